The molecule has 3 heteroatoms. The molecule has 0 fully saturated rings. The van der Waals surface area contributed by atoms with Gasteiger partial charge < -0.3 is 5.73 Å². The molecule has 1 heterocycles. The van der Waals surface area contributed by atoms with E-state index in [1.165, 1.54) is 33.3 Å². The van der Waals surface area contributed by atoms with Crippen LogP contribution in [-0.4, -0.2) is 0 Å². The van der Waals surface area contributed by atoms with Crippen LogP contribution in [-0.2, 0) is 0 Å². The van der Waals surface area contributed by atoms with Crippen LogP contribution in [0.2, 0.25) is 0 Å². The molecule has 2 rings (SSSR count). The minimum atomic E-state index is 0.161. The Morgan fingerprint density at radius 2 is 2.38 bits per heavy atom. The third-order valence-electron chi connectivity index (χ3n) is 2.40. The van der Waals surface area contributed by atoms with E-state index >= 15 is 0 Å². The Hall–Kier alpha value is 0.130. The van der Waals surface area contributed by atoms with Gasteiger partial charge in [-0.1, -0.05) is 11.6 Å². The Morgan fingerprint density at radius 3 is 2.92 bits per heavy atom. The number of allylic oxidation sites excluding steroid dienone is 1. The Balaban J connectivity index is 2.21. The van der Waals surface area contributed by atoms with E-state index in [1.807, 2.05) is 0 Å². The van der Waals surface area contributed by atoms with Crippen molar-refractivity contribution in [2.75, 3.05) is 0 Å². The fraction of sp³-hybridized carbons (Fsp3) is 0.400. The predicted molar refractivity (Wildman–Crippen MR) is 65.9 cm³/mol. The molecule has 1 aromatic rings. The van der Waals surface area contributed by atoms with Crippen molar-refractivity contribution in [2.45, 2.75) is 25.3 Å². The van der Waals surface area contributed by atoms with E-state index in [2.05, 4.69) is 40.1 Å². The third-order valence-corrected chi connectivity index (χ3v) is 4.71. The van der Waals surface area contributed by atoms with Crippen LogP contribution in [0.25, 0.3) is 0 Å². The highest BCUT2D eigenvalue weighted by Crippen LogP contribution is 2.33. The average Bonchev–Trinajstić information content (AvgIpc) is 2.72. The van der Waals surface area contributed by atoms with Crippen LogP contribution in [0.3, 0.4) is 0 Å². The molecule has 2 N–H and O–H groups in total. The number of nitrogens with two attached hydrogens (primary N) is 1. The molecule has 1 atom stereocenters. The Bertz CT molecular complexity index is 329. The molecule has 0 saturated carbocycles. The molecule has 70 valence electrons. The van der Waals surface area contributed by atoms with Crippen LogP contribution in [0, 0.1) is 3.57 Å². The summed E-state index contributed by atoms with van der Waals surface area (Å²) in [6, 6.07) is 2.30. The highest BCUT2D eigenvalue weighted by Gasteiger charge is 2.17. The van der Waals surface area contributed by atoms with Gasteiger partial charge in [-0.05, 0) is 53.3 Å². The van der Waals surface area contributed by atoms with Gasteiger partial charge in [0, 0.05) is 8.45 Å². The maximum atomic E-state index is 6.18. The van der Waals surface area contributed by atoms with Gasteiger partial charge in [-0.2, -0.15) is 0 Å². The lowest BCUT2D eigenvalue weighted by molar-refractivity contribution is 0.794. The first-order chi connectivity index (χ1) is 6.29. The Labute approximate surface area is 96.2 Å². The van der Waals surface area contributed by atoms with Crippen LogP contribution < -0.4 is 5.73 Å². The molecular formula is C10H12INS. The van der Waals surface area contributed by atoms with Crippen LogP contribution in [0.4, 0.5) is 0 Å². The van der Waals surface area contributed by atoms with Crippen molar-refractivity contribution >= 4 is 33.9 Å². The monoisotopic (exact) mass is 305 g/mol. The maximum absolute atomic E-state index is 6.18. The summed E-state index contributed by atoms with van der Waals surface area (Å²) in [5.74, 6) is 0. The molecule has 1 aromatic heterocycles. The highest BCUT2D eigenvalue weighted by atomic mass is 127. The summed E-state index contributed by atoms with van der Waals surface area (Å²) in [4.78, 5) is 1.33. The topological polar surface area (TPSA) is 26.0 Å². The van der Waals surface area contributed by atoms with E-state index in [0.29, 0.717) is 0 Å². The minimum Gasteiger partial charge on any atom is -0.320 e. The van der Waals surface area contributed by atoms with E-state index < -0.39 is 0 Å². The van der Waals surface area contributed by atoms with Gasteiger partial charge in [0.15, 0.2) is 0 Å². The smallest absolute Gasteiger partial charge is 0.0616 e. The molecule has 0 radical (unpaired) electrons. The van der Waals surface area contributed by atoms with Gasteiger partial charge in [-0.3, -0.25) is 0 Å². The summed E-state index contributed by atoms with van der Waals surface area (Å²) in [7, 11) is 0. The van der Waals surface area contributed by atoms with Gasteiger partial charge >= 0.3 is 0 Å². The van der Waals surface area contributed by atoms with Crippen LogP contribution in [0.15, 0.2) is 23.1 Å². The zero-order valence-corrected chi connectivity index (χ0v) is 10.3. The zero-order chi connectivity index (χ0) is 9.26. The lowest BCUT2D eigenvalue weighted by atomic mass is 10.1. The van der Waals surface area contributed by atoms with Gasteiger partial charge in [0.1, 0.15) is 0 Å². The summed E-state index contributed by atoms with van der Waals surface area (Å²) >= 11 is 4.13. The van der Waals surface area contributed by atoms with Crippen molar-refractivity contribution in [1.82, 2.24) is 0 Å². The van der Waals surface area contributed by atoms with Gasteiger partial charge in [-0.15, -0.1) is 11.3 Å². The maximum Gasteiger partial charge on any atom is 0.0616 e. The molecule has 0 aliphatic heterocycles. The fourth-order valence-electron chi connectivity index (χ4n) is 1.67. The van der Waals surface area contributed by atoms with Gasteiger partial charge in [0.25, 0.3) is 0 Å². The standard InChI is InChI=1S/C10H12INS/c11-8-5-6-13-10(8)9(12)7-3-1-2-4-7/h3,5-6,9H,1-2,4,12H2. The molecule has 1 aliphatic carbocycles. The van der Waals surface area contributed by atoms with E-state index in [0.717, 1.165) is 0 Å². The lowest BCUT2D eigenvalue weighted by Gasteiger charge is -2.11. The van der Waals surface area contributed by atoms with Crippen molar-refractivity contribution in [3.8, 4) is 0 Å². The summed E-state index contributed by atoms with van der Waals surface area (Å²) in [5.41, 5.74) is 7.61. The summed E-state index contributed by atoms with van der Waals surface area (Å²) in [6.45, 7) is 0. The van der Waals surface area contributed by atoms with Gasteiger partial charge in [-0.25, -0.2) is 0 Å². The SMILES string of the molecule is NC(C1=CCCC1)c1sccc1I. The van der Waals surface area contributed by atoms with Crippen LogP contribution >= 0.6 is 33.9 Å². The second kappa shape index (κ2) is 4.11. The van der Waals surface area contributed by atoms with E-state index in [9.17, 15) is 0 Å². The van der Waals surface area contributed by atoms with Crippen molar-refractivity contribution in [3.63, 3.8) is 0 Å². The summed E-state index contributed by atoms with van der Waals surface area (Å²) in [6.07, 6.45) is 5.99. The molecule has 1 aliphatic rings. The minimum absolute atomic E-state index is 0.161. The second-order valence-corrected chi connectivity index (χ2v) is 5.39. The number of rotatable bonds is 2. The molecule has 0 aromatic carbocycles. The van der Waals surface area contributed by atoms with Crippen molar-refractivity contribution < 1.29 is 0 Å². The molecule has 0 saturated heterocycles. The normalized spacial score (nSPS) is 18.8. The second-order valence-electron chi connectivity index (χ2n) is 3.28. The van der Waals surface area contributed by atoms with Crippen molar-refractivity contribution in [1.29, 1.82) is 0 Å². The molecular weight excluding hydrogens is 293 g/mol. The first-order valence-corrected chi connectivity index (χ1v) is 6.42. The third kappa shape index (κ3) is 1.97. The van der Waals surface area contributed by atoms with Crippen LogP contribution in [0.5, 0.6) is 0 Å². The summed E-state index contributed by atoms with van der Waals surface area (Å²) in [5, 5.41) is 2.12. The lowest BCUT2D eigenvalue weighted by Crippen LogP contribution is -2.11. The van der Waals surface area contributed by atoms with Crippen molar-refractivity contribution in [2.24, 2.45) is 5.73 Å². The van der Waals surface area contributed by atoms with E-state index in [4.69, 9.17) is 5.73 Å². The number of hydrogen-bond acceptors (Lipinski definition) is 2. The first kappa shape index (κ1) is 9.68. The quantitative estimate of drug-likeness (QED) is 0.657. The molecule has 0 amide bonds. The zero-order valence-electron chi connectivity index (χ0n) is 7.29. The van der Waals surface area contributed by atoms with Gasteiger partial charge in [0.05, 0.1) is 6.04 Å². The number of halogens is 1. The Kier molecular flexibility index (Phi) is 3.06. The first-order valence-electron chi connectivity index (χ1n) is 4.46. The summed E-state index contributed by atoms with van der Waals surface area (Å²) < 4.78 is 1.31. The number of thiophene rings is 1. The highest BCUT2D eigenvalue weighted by molar-refractivity contribution is 14.1. The molecule has 13 heavy (non-hydrogen) atoms. The molecule has 0 spiro atoms. The molecule has 0 bridgehead atoms. The van der Waals surface area contributed by atoms with Crippen molar-refractivity contribution in [3.05, 3.63) is 31.5 Å². The molecule has 1 nitrogen and oxygen atoms in total. The van der Waals surface area contributed by atoms with Crippen LogP contribution in [0.1, 0.15) is 30.2 Å². The van der Waals surface area contributed by atoms with Gasteiger partial charge in [0.2, 0.25) is 0 Å². The van der Waals surface area contributed by atoms with E-state index in [-0.39, 0.29) is 6.04 Å². The largest absolute Gasteiger partial charge is 0.320 e. The number of hydrogen-bond donors (Lipinski definition) is 1. The van der Waals surface area contributed by atoms with E-state index in [1.54, 1.807) is 11.3 Å². The fourth-order valence-corrected chi connectivity index (χ4v) is 3.64. The predicted octanol–water partition coefficient (Wildman–Crippen LogP) is 3.46. The average molecular weight is 305 g/mol. The molecule has 1 unspecified atom stereocenters. The Morgan fingerprint density at radius 1 is 1.54 bits per heavy atom.